The van der Waals surface area contributed by atoms with E-state index in [9.17, 15) is 4.79 Å². The Labute approximate surface area is 64.6 Å². The van der Waals surface area contributed by atoms with E-state index in [1.165, 1.54) is 0 Å². The maximum Gasteiger partial charge on any atom is 0.514 e. The number of rotatable bonds is 2. The molecular formula is C6H9ClO3. The Morgan fingerprint density at radius 2 is 2.10 bits per heavy atom. The number of carbonyl (C=O) groups is 1. The molecule has 0 aromatic carbocycles. The number of hydrogen-bond donors (Lipinski definition) is 0. The first-order valence-corrected chi connectivity index (χ1v) is 3.13. The first-order chi connectivity index (χ1) is 4.52. The highest BCUT2D eigenvalue weighted by Crippen LogP contribution is 2.02. The Hall–Kier alpha value is -0.700. The summed E-state index contributed by atoms with van der Waals surface area (Å²) in [7, 11) is 0. The molecule has 0 aromatic heterocycles. The molecule has 0 unspecified atom stereocenters. The zero-order valence-electron chi connectivity index (χ0n) is 5.89. The Morgan fingerprint density at radius 3 is 2.40 bits per heavy atom. The van der Waals surface area contributed by atoms with Crippen molar-refractivity contribution >= 4 is 17.8 Å². The molecule has 3 nitrogen and oxygen atoms in total. The number of carbonyl (C=O) groups excluding carboxylic acids is 1. The first kappa shape index (κ1) is 9.30. The number of halogens is 1. The molecule has 4 heteroatoms. The molecule has 0 aliphatic carbocycles. The lowest BCUT2D eigenvalue weighted by molar-refractivity contribution is 0.0580. The van der Waals surface area contributed by atoms with Crippen LogP contribution < -0.4 is 0 Å². The average molecular weight is 165 g/mol. The zero-order valence-corrected chi connectivity index (χ0v) is 6.64. The average Bonchev–Trinajstić information content (AvgIpc) is 1.58. The van der Waals surface area contributed by atoms with E-state index in [0.717, 1.165) is 0 Å². The standard InChI is InChI=1S/C6H9ClO3/c1-4(2)9-6(8)10-5(3)7/h4H,3H2,1-2H3. The van der Waals surface area contributed by atoms with E-state index in [-0.39, 0.29) is 11.3 Å². The van der Waals surface area contributed by atoms with Gasteiger partial charge in [-0.05, 0) is 32.0 Å². The maximum absolute atomic E-state index is 10.5. The van der Waals surface area contributed by atoms with Crippen LogP contribution in [0.15, 0.2) is 11.8 Å². The van der Waals surface area contributed by atoms with Crippen molar-refractivity contribution in [3.8, 4) is 0 Å². The van der Waals surface area contributed by atoms with Gasteiger partial charge in [0.1, 0.15) is 0 Å². The van der Waals surface area contributed by atoms with Crippen LogP contribution in [0.2, 0.25) is 0 Å². The Balaban J connectivity index is 3.54. The van der Waals surface area contributed by atoms with E-state index in [2.05, 4.69) is 16.1 Å². The van der Waals surface area contributed by atoms with Crippen LogP contribution in [-0.4, -0.2) is 12.3 Å². The molecule has 0 saturated carbocycles. The SMILES string of the molecule is C=C(Cl)OC(=O)OC(C)C. The Bertz CT molecular complexity index is 142. The van der Waals surface area contributed by atoms with Crippen molar-refractivity contribution in [2.45, 2.75) is 20.0 Å². The Kier molecular flexibility index (Phi) is 3.88. The van der Waals surface area contributed by atoms with E-state index in [1.807, 2.05) is 0 Å². The third-order valence-electron chi connectivity index (χ3n) is 0.526. The van der Waals surface area contributed by atoms with Gasteiger partial charge in [-0.25, -0.2) is 4.79 Å². The fourth-order valence-corrected chi connectivity index (χ4v) is 0.370. The molecule has 0 rings (SSSR count). The van der Waals surface area contributed by atoms with Crippen molar-refractivity contribution in [1.82, 2.24) is 0 Å². The fraction of sp³-hybridized carbons (Fsp3) is 0.500. The lowest BCUT2D eigenvalue weighted by Gasteiger charge is -2.05. The first-order valence-electron chi connectivity index (χ1n) is 2.75. The highest BCUT2D eigenvalue weighted by Gasteiger charge is 2.06. The van der Waals surface area contributed by atoms with Crippen LogP contribution in [0.4, 0.5) is 4.79 Å². The molecular weight excluding hydrogens is 156 g/mol. The summed E-state index contributed by atoms with van der Waals surface area (Å²) in [6.45, 7) is 6.56. The second kappa shape index (κ2) is 4.17. The van der Waals surface area contributed by atoms with Gasteiger partial charge in [-0.15, -0.1) is 0 Å². The van der Waals surface area contributed by atoms with Gasteiger partial charge in [0.25, 0.3) is 0 Å². The van der Waals surface area contributed by atoms with Crippen LogP contribution in [0.1, 0.15) is 13.8 Å². The van der Waals surface area contributed by atoms with Crippen molar-refractivity contribution in [2.75, 3.05) is 0 Å². The van der Waals surface area contributed by atoms with Gasteiger partial charge in [0.2, 0.25) is 0 Å². The molecule has 0 aliphatic rings. The zero-order chi connectivity index (χ0) is 8.15. The second-order valence-electron chi connectivity index (χ2n) is 1.87. The lowest BCUT2D eigenvalue weighted by atomic mass is 10.5. The minimum atomic E-state index is -0.824. The van der Waals surface area contributed by atoms with Gasteiger partial charge in [0.05, 0.1) is 6.10 Å². The summed E-state index contributed by atoms with van der Waals surface area (Å²) < 4.78 is 8.83. The molecule has 0 aromatic rings. The van der Waals surface area contributed by atoms with E-state index < -0.39 is 6.16 Å². The second-order valence-corrected chi connectivity index (χ2v) is 2.30. The van der Waals surface area contributed by atoms with Gasteiger partial charge in [-0.3, -0.25) is 0 Å². The van der Waals surface area contributed by atoms with E-state index in [1.54, 1.807) is 13.8 Å². The molecule has 0 bridgehead atoms. The summed E-state index contributed by atoms with van der Waals surface area (Å²) in [5, 5.41) is -0.189. The van der Waals surface area contributed by atoms with Crippen LogP contribution in [0, 0.1) is 0 Å². The summed E-state index contributed by atoms with van der Waals surface area (Å²) in [5.41, 5.74) is 0. The lowest BCUT2D eigenvalue weighted by Crippen LogP contribution is -2.11. The summed E-state index contributed by atoms with van der Waals surface area (Å²) in [6.07, 6.45) is -1.03. The molecule has 0 fully saturated rings. The number of hydrogen-bond acceptors (Lipinski definition) is 3. The fourth-order valence-electron chi connectivity index (χ4n) is 0.307. The third-order valence-corrected chi connectivity index (χ3v) is 0.603. The van der Waals surface area contributed by atoms with E-state index in [0.29, 0.717) is 0 Å². The number of ether oxygens (including phenoxy) is 2. The van der Waals surface area contributed by atoms with E-state index >= 15 is 0 Å². The van der Waals surface area contributed by atoms with Crippen LogP contribution in [-0.2, 0) is 9.47 Å². The van der Waals surface area contributed by atoms with Crippen LogP contribution in [0.3, 0.4) is 0 Å². The molecule has 10 heavy (non-hydrogen) atoms. The molecule has 0 saturated heterocycles. The highest BCUT2D eigenvalue weighted by molar-refractivity contribution is 6.28. The summed E-state index contributed by atoms with van der Waals surface area (Å²) in [5.74, 6) is 0. The predicted octanol–water partition coefficient (Wildman–Crippen LogP) is 2.26. The van der Waals surface area contributed by atoms with Crippen molar-refractivity contribution in [3.63, 3.8) is 0 Å². The van der Waals surface area contributed by atoms with Crippen molar-refractivity contribution in [3.05, 3.63) is 11.8 Å². The summed E-state index contributed by atoms with van der Waals surface area (Å²) in [4.78, 5) is 10.5. The van der Waals surface area contributed by atoms with Gasteiger partial charge >= 0.3 is 6.16 Å². The van der Waals surface area contributed by atoms with Gasteiger partial charge < -0.3 is 9.47 Å². The topological polar surface area (TPSA) is 35.5 Å². The van der Waals surface area contributed by atoms with Crippen molar-refractivity contribution < 1.29 is 14.3 Å². The van der Waals surface area contributed by atoms with Crippen LogP contribution in [0.25, 0.3) is 0 Å². The smallest absolute Gasteiger partial charge is 0.431 e. The maximum atomic E-state index is 10.5. The molecule has 0 N–H and O–H groups in total. The molecule has 0 amide bonds. The minimum absolute atomic E-state index is 0.189. The summed E-state index contributed by atoms with van der Waals surface area (Å²) >= 11 is 5.14. The van der Waals surface area contributed by atoms with Crippen LogP contribution in [0.5, 0.6) is 0 Å². The van der Waals surface area contributed by atoms with Gasteiger partial charge in [0, 0.05) is 0 Å². The minimum Gasteiger partial charge on any atom is -0.431 e. The molecule has 0 aliphatic heterocycles. The van der Waals surface area contributed by atoms with Crippen LogP contribution >= 0.6 is 11.6 Å². The van der Waals surface area contributed by atoms with E-state index in [4.69, 9.17) is 11.6 Å². The van der Waals surface area contributed by atoms with Gasteiger partial charge in [-0.2, -0.15) is 0 Å². The normalized spacial score (nSPS) is 9.20. The molecule has 0 spiro atoms. The molecule has 58 valence electrons. The Morgan fingerprint density at radius 1 is 1.60 bits per heavy atom. The van der Waals surface area contributed by atoms with Crippen molar-refractivity contribution in [2.24, 2.45) is 0 Å². The van der Waals surface area contributed by atoms with Gasteiger partial charge in [0.15, 0.2) is 5.22 Å². The largest absolute Gasteiger partial charge is 0.514 e. The predicted molar refractivity (Wildman–Crippen MR) is 37.7 cm³/mol. The molecule has 0 atom stereocenters. The molecule has 0 heterocycles. The summed E-state index contributed by atoms with van der Waals surface area (Å²) in [6, 6.07) is 0. The highest BCUT2D eigenvalue weighted by atomic mass is 35.5. The quantitative estimate of drug-likeness (QED) is 0.464. The third kappa shape index (κ3) is 5.44. The van der Waals surface area contributed by atoms with Crippen molar-refractivity contribution in [1.29, 1.82) is 0 Å². The molecule has 0 radical (unpaired) electrons. The van der Waals surface area contributed by atoms with Gasteiger partial charge in [-0.1, -0.05) is 0 Å². The monoisotopic (exact) mass is 164 g/mol.